The van der Waals surface area contributed by atoms with Crippen LogP contribution in [0.3, 0.4) is 0 Å². The van der Waals surface area contributed by atoms with Crippen molar-refractivity contribution in [2.45, 2.75) is 37.2 Å². The zero-order chi connectivity index (χ0) is 19.3. The average Bonchev–Trinajstić information content (AvgIpc) is 2.73. The van der Waals surface area contributed by atoms with Crippen molar-refractivity contribution in [3.63, 3.8) is 0 Å². The molecular formula is C20H26ClN3O3S. The predicted molar refractivity (Wildman–Crippen MR) is 112 cm³/mol. The van der Waals surface area contributed by atoms with Crippen LogP contribution in [0, 0.1) is 0 Å². The van der Waals surface area contributed by atoms with Gasteiger partial charge in [-0.25, -0.2) is 8.42 Å². The van der Waals surface area contributed by atoms with Crippen LogP contribution in [-0.4, -0.2) is 31.7 Å². The van der Waals surface area contributed by atoms with E-state index >= 15 is 0 Å². The van der Waals surface area contributed by atoms with Crippen LogP contribution in [0.25, 0.3) is 0 Å². The number of hydrogen-bond donors (Lipinski definition) is 2. The molecular weight excluding hydrogens is 398 g/mol. The SMILES string of the molecule is Cl.NCc1ccc(C(=O)NCc2ccccc2S(=O)(=O)N2CCCCC2)cc1. The van der Waals surface area contributed by atoms with E-state index in [4.69, 9.17) is 5.73 Å². The number of piperidine rings is 1. The third kappa shape index (κ3) is 5.11. The van der Waals surface area contributed by atoms with E-state index in [0.29, 0.717) is 30.8 Å². The van der Waals surface area contributed by atoms with E-state index in [0.717, 1.165) is 24.8 Å². The van der Waals surface area contributed by atoms with Gasteiger partial charge in [0.2, 0.25) is 10.0 Å². The van der Waals surface area contributed by atoms with Gasteiger partial charge in [-0.05, 0) is 42.2 Å². The third-order valence-electron chi connectivity index (χ3n) is 4.80. The van der Waals surface area contributed by atoms with E-state index in [1.54, 1.807) is 40.7 Å². The van der Waals surface area contributed by atoms with Gasteiger partial charge in [0.1, 0.15) is 0 Å². The van der Waals surface area contributed by atoms with Crippen LogP contribution >= 0.6 is 12.4 Å². The Labute approximate surface area is 172 Å². The number of nitrogens with one attached hydrogen (secondary N) is 1. The van der Waals surface area contributed by atoms with Crippen molar-refractivity contribution in [3.05, 3.63) is 65.2 Å². The molecule has 0 aliphatic carbocycles. The monoisotopic (exact) mass is 423 g/mol. The van der Waals surface area contributed by atoms with Crippen LogP contribution in [0.2, 0.25) is 0 Å². The normalized spacial score (nSPS) is 14.9. The molecule has 2 aromatic rings. The number of hydrogen-bond acceptors (Lipinski definition) is 4. The number of halogens is 1. The first-order chi connectivity index (χ1) is 13.0. The van der Waals surface area contributed by atoms with Crippen LogP contribution in [0.4, 0.5) is 0 Å². The lowest BCUT2D eigenvalue weighted by Gasteiger charge is -2.26. The van der Waals surface area contributed by atoms with Gasteiger partial charge in [-0.3, -0.25) is 4.79 Å². The van der Waals surface area contributed by atoms with Crippen molar-refractivity contribution < 1.29 is 13.2 Å². The quantitative estimate of drug-likeness (QED) is 0.747. The highest BCUT2D eigenvalue weighted by Gasteiger charge is 2.27. The number of nitrogens with zero attached hydrogens (tertiary/aromatic N) is 1. The molecule has 3 N–H and O–H groups in total. The molecule has 1 amide bonds. The van der Waals surface area contributed by atoms with E-state index < -0.39 is 10.0 Å². The maximum Gasteiger partial charge on any atom is 0.251 e. The largest absolute Gasteiger partial charge is 0.348 e. The zero-order valence-corrected chi connectivity index (χ0v) is 17.3. The van der Waals surface area contributed by atoms with Crippen LogP contribution in [-0.2, 0) is 23.1 Å². The number of carbonyl (C=O) groups excluding carboxylic acids is 1. The summed E-state index contributed by atoms with van der Waals surface area (Å²) < 4.78 is 27.5. The lowest BCUT2D eigenvalue weighted by atomic mass is 10.1. The van der Waals surface area contributed by atoms with Gasteiger partial charge >= 0.3 is 0 Å². The highest BCUT2D eigenvalue weighted by Crippen LogP contribution is 2.23. The third-order valence-corrected chi connectivity index (χ3v) is 6.80. The Kier molecular flexibility index (Phi) is 8.00. The van der Waals surface area contributed by atoms with Crippen molar-refractivity contribution in [1.29, 1.82) is 0 Å². The lowest BCUT2D eigenvalue weighted by molar-refractivity contribution is 0.0950. The minimum atomic E-state index is -3.55. The first-order valence-corrected chi connectivity index (χ1v) is 10.6. The minimum absolute atomic E-state index is 0. The van der Waals surface area contributed by atoms with Gasteiger partial charge in [-0.2, -0.15) is 4.31 Å². The smallest absolute Gasteiger partial charge is 0.251 e. The summed E-state index contributed by atoms with van der Waals surface area (Å²) in [7, 11) is -3.55. The molecule has 0 saturated carbocycles. The Hall–Kier alpha value is -1.93. The molecule has 0 atom stereocenters. The van der Waals surface area contributed by atoms with E-state index in [1.807, 2.05) is 12.1 Å². The van der Waals surface area contributed by atoms with Crippen molar-refractivity contribution in [2.24, 2.45) is 5.73 Å². The molecule has 3 rings (SSSR count). The lowest BCUT2D eigenvalue weighted by Crippen LogP contribution is -2.36. The van der Waals surface area contributed by atoms with Crippen molar-refractivity contribution in [2.75, 3.05) is 13.1 Å². The van der Waals surface area contributed by atoms with Crippen molar-refractivity contribution in [3.8, 4) is 0 Å². The van der Waals surface area contributed by atoms with Gasteiger partial charge in [0.05, 0.1) is 4.90 Å². The molecule has 1 saturated heterocycles. The number of sulfonamides is 1. The standard InChI is InChI=1S/C20H25N3O3S.ClH/c21-14-16-8-10-17(11-9-16)20(24)22-15-18-6-2-3-7-19(18)27(25,26)23-12-4-1-5-13-23;/h2-3,6-11H,1,4-5,12-15,21H2,(H,22,24);1H. The summed E-state index contributed by atoms with van der Waals surface area (Å²) in [5, 5.41) is 2.81. The molecule has 0 spiro atoms. The summed E-state index contributed by atoms with van der Waals surface area (Å²) in [6, 6.07) is 13.9. The van der Waals surface area contributed by atoms with Crippen LogP contribution in [0.5, 0.6) is 0 Å². The van der Waals surface area contributed by atoms with E-state index in [1.165, 1.54) is 0 Å². The number of benzene rings is 2. The summed E-state index contributed by atoms with van der Waals surface area (Å²) in [5.74, 6) is -0.247. The Morgan fingerprint density at radius 2 is 1.64 bits per heavy atom. The Balaban J connectivity index is 0.00000280. The second kappa shape index (κ2) is 10.0. The molecule has 1 heterocycles. The molecule has 8 heteroatoms. The highest BCUT2D eigenvalue weighted by molar-refractivity contribution is 7.89. The maximum atomic E-state index is 13.0. The molecule has 1 aliphatic rings. The molecule has 28 heavy (non-hydrogen) atoms. The Morgan fingerprint density at radius 1 is 1.00 bits per heavy atom. The van der Waals surface area contributed by atoms with E-state index in [9.17, 15) is 13.2 Å². The fourth-order valence-electron chi connectivity index (χ4n) is 3.22. The first kappa shape index (κ1) is 22.4. The molecule has 152 valence electrons. The van der Waals surface area contributed by atoms with Gasteiger partial charge in [0.15, 0.2) is 0 Å². The number of nitrogens with two attached hydrogens (primary N) is 1. The van der Waals surface area contributed by atoms with Gasteiger partial charge in [-0.15, -0.1) is 12.4 Å². The second-order valence-corrected chi connectivity index (χ2v) is 8.56. The number of rotatable bonds is 6. The van der Waals surface area contributed by atoms with Crippen LogP contribution in [0.15, 0.2) is 53.4 Å². The van der Waals surface area contributed by atoms with Crippen molar-refractivity contribution in [1.82, 2.24) is 9.62 Å². The summed E-state index contributed by atoms with van der Waals surface area (Å²) in [6.07, 6.45) is 2.83. The van der Waals surface area contributed by atoms with E-state index in [2.05, 4.69) is 5.32 Å². The molecule has 0 bridgehead atoms. The van der Waals surface area contributed by atoms with Crippen LogP contribution < -0.4 is 11.1 Å². The van der Waals surface area contributed by atoms with Crippen LogP contribution in [0.1, 0.15) is 40.7 Å². The topological polar surface area (TPSA) is 92.5 Å². The molecule has 6 nitrogen and oxygen atoms in total. The molecule has 1 aliphatic heterocycles. The fraction of sp³-hybridized carbons (Fsp3) is 0.350. The van der Waals surface area contributed by atoms with Gasteiger partial charge < -0.3 is 11.1 Å². The summed E-state index contributed by atoms with van der Waals surface area (Å²) in [5.41, 5.74) is 7.63. The Morgan fingerprint density at radius 3 is 2.29 bits per heavy atom. The minimum Gasteiger partial charge on any atom is -0.348 e. The van der Waals surface area contributed by atoms with Gasteiger partial charge in [0, 0.05) is 31.7 Å². The summed E-state index contributed by atoms with van der Waals surface area (Å²) in [6.45, 7) is 1.68. The highest BCUT2D eigenvalue weighted by atomic mass is 35.5. The second-order valence-electron chi connectivity index (χ2n) is 6.66. The number of amides is 1. The Bertz CT molecular complexity index is 895. The fourth-order valence-corrected chi connectivity index (χ4v) is 4.95. The molecule has 0 radical (unpaired) electrons. The van der Waals surface area contributed by atoms with Gasteiger partial charge in [0.25, 0.3) is 5.91 Å². The molecule has 1 fully saturated rings. The first-order valence-electron chi connectivity index (χ1n) is 9.17. The average molecular weight is 424 g/mol. The maximum absolute atomic E-state index is 13.0. The zero-order valence-electron chi connectivity index (χ0n) is 15.6. The van der Waals surface area contributed by atoms with E-state index in [-0.39, 0.29) is 29.8 Å². The predicted octanol–water partition coefficient (Wildman–Crippen LogP) is 2.67. The van der Waals surface area contributed by atoms with Crippen molar-refractivity contribution >= 4 is 28.3 Å². The summed E-state index contributed by atoms with van der Waals surface area (Å²) >= 11 is 0. The summed E-state index contributed by atoms with van der Waals surface area (Å²) in [4.78, 5) is 12.6. The molecule has 0 unspecified atom stereocenters. The molecule has 0 aromatic heterocycles. The molecule has 2 aromatic carbocycles. The van der Waals surface area contributed by atoms with Gasteiger partial charge in [-0.1, -0.05) is 36.8 Å². The number of carbonyl (C=O) groups is 1.